The fraction of sp³-hybridized carbons (Fsp3) is 0.857. The predicted octanol–water partition coefficient (Wildman–Crippen LogP) is 3.64. The second kappa shape index (κ2) is 6.81. The van der Waals surface area contributed by atoms with E-state index in [4.69, 9.17) is 23.2 Å². The van der Waals surface area contributed by atoms with Gasteiger partial charge in [0.05, 0.1) is 0 Å². The molecule has 0 atom stereocenters. The average molecular weight is 303 g/mol. The van der Waals surface area contributed by atoms with Gasteiger partial charge in [0.1, 0.15) is 0 Å². The number of hydrogen-bond acceptors (Lipinski definition) is 2. The third-order valence-corrected chi connectivity index (χ3v) is 5.22. The van der Waals surface area contributed by atoms with Crippen LogP contribution in [-0.4, -0.2) is 27.6 Å². The average Bonchev–Trinajstić information content (AvgIpc) is 2.42. The lowest BCUT2D eigenvalue weighted by atomic mass is 9.86. The van der Waals surface area contributed by atoms with Crippen molar-refractivity contribution in [3.63, 3.8) is 0 Å². The fourth-order valence-electron chi connectivity index (χ4n) is 3.10. The number of nitriles is 1. The van der Waals surface area contributed by atoms with Gasteiger partial charge in [-0.25, -0.2) is 4.90 Å². The van der Waals surface area contributed by atoms with Crippen molar-refractivity contribution < 1.29 is 4.79 Å². The molecular weight excluding hydrogens is 283 g/mol. The van der Waals surface area contributed by atoms with Crippen LogP contribution in [0.2, 0.25) is 0 Å². The van der Waals surface area contributed by atoms with Crippen molar-refractivity contribution in [3.05, 3.63) is 0 Å². The molecule has 0 aliphatic heterocycles. The first-order valence-electron chi connectivity index (χ1n) is 7.12. The Bertz CT molecular complexity index is 353. The summed E-state index contributed by atoms with van der Waals surface area (Å²) >= 11 is 12.1. The van der Waals surface area contributed by atoms with Crippen LogP contribution < -0.4 is 0 Å². The lowest BCUT2D eigenvalue weighted by molar-refractivity contribution is -0.135. The lowest BCUT2D eigenvalue weighted by Gasteiger charge is -2.34. The summed E-state index contributed by atoms with van der Waals surface area (Å²) in [6.07, 6.45) is 8.98. The number of carbonyl (C=O) groups excluding carboxylic acids is 1. The highest BCUT2D eigenvalue weighted by Gasteiger charge is 2.34. The van der Waals surface area contributed by atoms with Gasteiger partial charge in [0.15, 0.2) is 6.19 Å². The minimum absolute atomic E-state index is 0.00379. The van der Waals surface area contributed by atoms with Crippen molar-refractivity contribution >= 4 is 29.1 Å². The maximum absolute atomic E-state index is 12.4. The molecule has 0 spiro atoms. The van der Waals surface area contributed by atoms with Crippen LogP contribution in [0.4, 0.5) is 0 Å². The maximum Gasteiger partial charge on any atom is 0.238 e. The molecule has 0 N–H and O–H groups in total. The summed E-state index contributed by atoms with van der Waals surface area (Å²) in [5, 5.41) is 9.70. The van der Waals surface area contributed by atoms with Crippen molar-refractivity contribution in [2.24, 2.45) is 5.92 Å². The monoisotopic (exact) mass is 302 g/mol. The SMILES string of the molecule is N#CN(C(=O)C1CCC(Cl)CC1)C1CCC(Cl)CC1. The Balaban J connectivity index is 1.94. The van der Waals surface area contributed by atoms with E-state index in [0.29, 0.717) is 0 Å². The molecule has 0 aromatic rings. The molecule has 0 unspecified atom stereocenters. The summed E-state index contributed by atoms with van der Waals surface area (Å²) in [7, 11) is 0. The molecule has 2 fully saturated rings. The van der Waals surface area contributed by atoms with Crippen LogP contribution in [0.3, 0.4) is 0 Å². The molecule has 3 nitrogen and oxygen atoms in total. The lowest BCUT2D eigenvalue weighted by Crippen LogP contribution is -2.43. The Kier molecular flexibility index (Phi) is 5.36. The van der Waals surface area contributed by atoms with E-state index in [1.54, 1.807) is 0 Å². The highest BCUT2D eigenvalue weighted by atomic mass is 35.5. The van der Waals surface area contributed by atoms with Crippen molar-refractivity contribution in [1.29, 1.82) is 5.26 Å². The number of amides is 1. The highest BCUT2D eigenvalue weighted by molar-refractivity contribution is 6.20. The van der Waals surface area contributed by atoms with Gasteiger partial charge in [0.2, 0.25) is 5.91 Å². The third-order valence-electron chi connectivity index (χ3n) is 4.34. The Hall–Kier alpha value is -0.460. The second-order valence-corrected chi connectivity index (χ2v) is 6.90. The third kappa shape index (κ3) is 3.77. The molecule has 0 saturated heterocycles. The molecular formula is C14H20Cl2N2O. The molecule has 0 aromatic heterocycles. The summed E-state index contributed by atoms with van der Waals surface area (Å²) in [5.74, 6) is -0.00698. The Morgan fingerprint density at radius 1 is 0.947 bits per heavy atom. The first kappa shape index (κ1) is 14.9. The van der Waals surface area contributed by atoms with E-state index in [9.17, 15) is 10.1 Å². The zero-order chi connectivity index (χ0) is 13.8. The van der Waals surface area contributed by atoms with Gasteiger partial charge < -0.3 is 0 Å². The van der Waals surface area contributed by atoms with E-state index in [2.05, 4.69) is 6.19 Å². The number of hydrogen-bond donors (Lipinski definition) is 0. The summed E-state index contributed by atoms with van der Waals surface area (Å²) in [6.45, 7) is 0. The molecule has 2 aliphatic carbocycles. The van der Waals surface area contributed by atoms with Gasteiger partial charge in [-0.05, 0) is 51.4 Å². The van der Waals surface area contributed by atoms with Crippen LogP contribution in [-0.2, 0) is 4.79 Å². The standard InChI is InChI=1S/C14H20Cl2N2O/c15-11-3-1-10(2-4-11)14(19)18(9-17)13-7-5-12(16)6-8-13/h10-13H,1-8H2. The van der Waals surface area contributed by atoms with Gasteiger partial charge in [0.25, 0.3) is 0 Å². The molecule has 2 aliphatic rings. The minimum atomic E-state index is -0.0108. The molecule has 2 rings (SSSR count). The molecule has 0 radical (unpaired) electrons. The van der Waals surface area contributed by atoms with Crippen molar-refractivity contribution in [1.82, 2.24) is 4.90 Å². The van der Waals surface area contributed by atoms with Gasteiger partial charge in [-0.15, -0.1) is 23.2 Å². The Morgan fingerprint density at radius 2 is 1.42 bits per heavy atom. The van der Waals surface area contributed by atoms with Crippen LogP contribution in [0, 0.1) is 17.4 Å². The van der Waals surface area contributed by atoms with Crippen molar-refractivity contribution in [3.8, 4) is 6.19 Å². The van der Waals surface area contributed by atoms with E-state index in [-0.39, 0.29) is 28.6 Å². The molecule has 2 saturated carbocycles. The first-order chi connectivity index (χ1) is 9.11. The molecule has 0 aromatic carbocycles. The van der Waals surface area contributed by atoms with Crippen molar-refractivity contribution in [2.75, 3.05) is 0 Å². The number of nitrogens with zero attached hydrogens (tertiary/aromatic N) is 2. The predicted molar refractivity (Wildman–Crippen MR) is 76.0 cm³/mol. The van der Waals surface area contributed by atoms with Crippen LogP contribution >= 0.6 is 23.2 Å². The number of alkyl halides is 2. The van der Waals surface area contributed by atoms with E-state index in [1.165, 1.54) is 4.90 Å². The fourth-order valence-corrected chi connectivity index (χ4v) is 3.60. The molecule has 1 amide bonds. The van der Waals surface area contributed by atoms with Gasteiger partial charge in [0, 0.05) is 22.7 Å². The van der Waals surface area contributed by atoms with E-state index in [1.807, 2.05) is 0 Å². The second-order valence-electron chi connectivity index (χ2n) is 5.66. The van der Waals surface area contributed by atoms with E-state index >= 15 is 0 Å². The summed E-state index contributed by atoms with van der Waals surface area (Å²) < 4.78 is 0. The largest absolute Gasteiger partial charge is 0.273 e. The molecule has 19 heavy (non-hydrogen) atoms. The van der Waals surface area contributed by atoms with Crippen LogP contribution in [0.1, 0.15) is 51.4 Å². The zero-order valence-corrected chi connectivity index (χ0v) is 12.5. The summed E-state index contributed by atoms with van der Waals surface area (Å²) in [6, 6.07) is 0.0567. The van der Waals surface area contributed by atoms with Gasteiger partial charge >= 0.3 is 0 Å². The first-order valence-corrected chi connectivity index (χ1v) is 8.00. The zero-order valence-electron chi connectivity index (χ0n) is 11.0. The van der Waals surface area contributed by atoms with E-state index in [0.717, 1.165) is 51.4 Å². The Labute approximate surface area is 124 Å². The minimum Gasteiger partial charge on any atom is -0.273 e. The number of rotatable bonds is 2. The smallest absolute Gasteiger partial charge is 0.238 e. The molecule has 106 valence electrons. The molecule has 0 heterocycles. The highest BCUT2D eigenvalue weighted by Crippen LogP contribution is 2.32. The summed E-state index contributed by atoms with van der Waals surface area (Å²) in [5.41, 5.74) is 0. The van der Waals surface area contributed by atoms with Gasteiger partial charge in [-0.3, -0.25) is 4.79 Å². The molecule has 5 heteroatoms. The normalized spacial score (nSPS) is 35.4. The van der Waals surface area contributed by atoms with Gasteiger partial charge in [-0.1, -0.05) is 0 Å². The van der Waals surface area contributed by atoms with E-state index < -0.39 is 0 Å². The van der Waals surface area contributed by atoms with Crippen LogP contribution in [0.25, 0.3) is 0 Å². The summed E-state index contributed by atoms with van der Waals surface area (Å²) in [4.78, 5) is 13.9. The van der Waals surface area contributed by atoms with Crippen molar-refractivity contribution in [2.45, 2.75) is 68.2 Å². The quantitative estimate of drug-likeness (QED) is 0.444. The van der Waals surface area contributed by atoms with Gasteiger partial charge in [-0.2, -0.15) is 5.26 Å². The topological polar surface area (TPSA) is 44.1 Å². The number of halogens is 2. The Morgan fingerprint density at radius 3 is 1.89 bits per heavy atom. The van der Waals surface area contributed by atoms with Crippen LogP contribution in [0.5, 0.6) is 0 Å². The van der Waals surface area contributed by atoms with Crippen LogP contribution in [0.15, 0.2) is 0 Å². The maximum atomic E-state index is 12.4. The molecule has 0 bridgehead atoms. The number of carbonyl (C=O) groups is 1.